The Morgan fingerprint density at radius 2 is 1.55 bits per heavy atom. The second-order valence-electron chi connectivity index (χ2n) is 6.51. The zero-order valence-electron chi connectivity index (χ0n) is 12.3. The van der Waals surface area contributed by atoms with Gasteiger partial charge in [0.2, 0.25) is 0 Å². The minimum absolute atomic E-state index is 0.0438. The Hall–Kier alpha value is -0.410. The summed E-state index contributed by atoms with van der Waals surface area (Å²) in [7, 11) is 0. The quantitative estimate of drug-likeness (QED) is 0.592. The van der Waals surface area contributed by atoms with Crippen LogP contribution in [0.5, 0.6) is 0 Å². The third-order valence-corrected chi connectivity index (χ3v) is 5.02. The van der Waals surface area contributed by atoms with Crippen molar-refractivity contribution < 1.29 is 33.6 Å². The number of aliphatic hydroxyl groups is 4. The topological polar surface area (TPSA) is 84.2 Å². The summed E-state index contributed by atoms with van der Waals surface area (Å²) in [5.74, 6) is -1.20. The number of hydrogen-bond donors (Lipinski definition) is 4. The van der Waals surface area contributed by atoms with Gasteiger partial charge in [-0.05, 0) is 31.6 Å². The van der Waals surface area contributed by atoms with Crippen molar-refractivity contribution in [1.29, 1.82) is 0 Å². The Kier molecular flexibility index (Phi) is 5.71. The van der Waals surface area contributed by atoms with E-state index in [1.54, 1.807) is 4.90 Å². The van der Waals surface area contributed by atoms with E-state index in [-0.39, 0.29) is 31.9 Å². The Bertz CT molecular complexity index is 360. The Morgan fingerprint density at radius 3 is 2.05 bits per heavy atom. The molecule has 0 unspecified atom stereocenters. The average molecular weight is 327 g/mol. The molecule has 0 bridgehead atoms. The highest BCUT2D eigenvalue weighted by Gasteiger charge is 2.44. The summed E-state index contributed by atoms with van der Waals surface area (Å²) in [5, 5.41) is 38.6. The van der Waals surface area contributed by atoms with Gasteiger partial charge in [-0.1, -0.05) is 0 Å². The number of halogens is 3. The maximum atomic E-state index is 12.7. The second kappa shape index (κ2) is 7.00. The molecule has 8 heteroatoms. The van der Waals surface area contributed by atoms with Crippen molar-refractivity contribution in [1.82, 2.24) is 4.90 Å². The van der Waals surface area contributed by atoms with Gasteiger partial charge in [-0.25, -0.2) is 0 Å². The van der Waals surface area contributed by atoms with E-state index in [0.29, 0.717) is 19.4 Å². The molecule has 4 N–H and O–H groups in total. The highest BCUT2D eigenvalue weighted by atomic mass is 19.4. The van der Waals surface area contributed by atoms with Gasteiger partial charge in [-0.15, -0.1) is 0 Å². The molecule has 1 saturated carbocycles. The van der Waals surface area contributed by atoms with Gasteiger partial charge in [-0.2, -0.15) is 13.2 Å². The first-order valence-corrected chi connectivity index (χ1v) is 7.69. The SMILES string of the molecule is OC[C@@H]1[C@@H](O)[C@H](O)[C@@H](O)CN1C[C@H]1CC[C@H](C(F)(F)F)CC1. The van der Waals surface area contributed by atoms with Crippen molar-refractivity contribution in [2.75, 3.05) is 19.7 Å². The van der Waals surface area contributed by atoms with Crippen LogP contribution < -0.4 is 0 Å². The summed E-state index contributed by atoms with van der Waals surface area (Å²) in [5.41, 5.74) is 0. The van der Waals surface area contributed by atoms with E-state index in [2.05, 4.69) is 0 Å². The fourth-order valence-electron chi connectivity index (χ4n) is 3.59. The summed E-state index contributed by atoms with van der Waals surface area (Å²) in [4.78, 5) is 1.68. The van der Waals surface area contributed by atoms with Gasteiger partial charge in [0, 0.05) is 13.1 Å². The van der Waals surface area contributed by atoms with Crippen molar-refractivity contribution in [2.24, 2.45) is 11.8 Å². The van der Waals surface area contributed by atoms with E-state index < -0.39 is 36.4 Å². The first-order valence-electron chi connectivity index (χ1n) is 7.69. The number of aliphatic hydroxyl groups excluding tert-OH is 4. The van der Waals surface area contributed by atoms with E-state index in [9.17, 15) is 33.6 Å². The van der Waals surface area contributed by atoms with Crippen LogP contribution in [0.1, 0.15) is 25.7 Å². The lowest BCUT2D eigenvalue weighted by Gasteiger charge is -2.45. The molecular formula is C14H24F3NO4. The largest absolute Gasteiger partial charge is 0.395 e. The van der Waals surface area contributed by atoms with Crippen molar-refractivity contribution in [3.8, 4) is 0 Å². The Balaban J connectivity index is 1.90. The van der Waals surface area contributed by atoms with Gasteiger partial charge >= 0.3 is 6.18 Å². The fourth-order valence-corrected chi connectivity index (χ4v) is 3.59. The fraction of sp³-hybridized carbons (Fsp3) is 1.00. The standard InChI is InChI=1S/C14H24F3NO4/c15-14(16,17)9-3-1-8(2-4-9)5-18-6-11(20)13(22)12(21)10(18)7-19/h8-13,19-22H,1-7H2/t8-,9-,10-,11+,12-,13-/m1/s1. The zero-order valence-corrected chi connectivity index (χ0v) is 12.3. The highest BCUT2D eigenvalue weighted by Crippen LogP contribution is 2.40. The second-order valence-corrected chi connectivity index (χ2v) is 6.51. The van der Waals surface area contributed by atoms with Crippen LogP contribution in [-0.2, 0) is 0 Å². The molecule has 1 heterocycles. The normalized spacial score (nSPS) is 41.6. The molecule has 0 amide bonds. The maximum absolute atomic E-state index is 12.7. The van der Waals surface area contributed by atoms with Crippen LogP contribution >= 0.6 is 0 Å². The number of piperidine rings is 1. The molecule has 0 aromatic rings. The van der Waals surface area contributed by atoms with Crippen LogP contribution in [-0.4, -0.2) is 75.6 Å². The predicted octanol–water partition coefficient (Wildman–Crippen LogP) is 0.114. The van der Waals surface area contributed by atoms with E-state index >= 15 is 0 Å². The molecule has 0 radical (unpaired) electrons. The molecule has 5 nitrogen and oxygen atoms in total. The number of hydrogen-bond acceptors (Lipinski definition) is 5. The van der Waals surface area contributed by atoms with E-state index in [1.165, 1.54) is 0 Å². The average Bonchev–Trinajstić information content (AvgIpc) is 2.45. The lowest BCUT2D eigenvalue weighted by atomic mass is 9.80. The van der Waals surface area contributed by atoms with Gasteiger partial charge < -0.3 is 20.4 Å². The smallest absolute Gasteiger partial charge is 0.391 e. The monoisotopic (exact) mass is 327 g/mol. The minimum atomic E-state index is -4.14. The van der Waals surface area contributed by atoms with Crippen LogP contribution in [0.15, 0.2) is 0 Å². The number of likely N-dealkylation sites (tertiary alicyclic amines) is 1. The van der Waals surface area contributed by atoms with E-state index in [0.717, 1.165) is 0 Å². The molecule has 2 fully saturated rings. The van der Waals surface area contributed by atoms with Crippen molar-refractivity contribution in [3.63, 3.8) is 0 Å². The molecule has 130 valence electrons. The van der Waals surface area contributed by atoms with Crippen LogP contribution in [0, 0.1) is 11.8 Å². The first-order chi connectivity index (χ1) is 10.2. The number of β-amino-alcohol motifs (C(OH)–C–C–N with tert-alkyl or cyclic N) is 1. The molecular weight excluding hydrogens is 303 g/mol. The van der Waals surface area contributed by atoms with Crippen molar-refractivity contribution >= 4 is 0 Å². The van der Waals surface area contributed by atoms with E-state index in [4.69, 9.17) is 0 Å². The van der Waals surface area contributed by atoms with Crippen molar-refractivity contribution in [2.45, 2.75) is 56.2 Å². The van der Waals surface area contributed by atoms with Crippen molar-refractivity contribution in [3.05, 3.63) is 0 Å². The number of alkyl halides is 3. The van der Waals surface area contributed by atoms with Crippen LogP contribution in [0.3, 0.4) is 0 Å². The molecule has 1 aliphatic heterocycles. The molecule has 1 aliphatic carbocycles. The molecule has 4 atom stereocenters. The minimum Gasteiger partial charge on any atom is -0.395 e. The third-order valence-electron chi connectivity index (χ3n) is 5.02. The molecule has 2 aliphatic rings. The highest BCUT2D eigenvalue weighted by molar-refractivity contribution is 4.95. The first kappa shape index (κ1) is 17.9. The summed E-state index contributed by atoms with van der Waals surface area (Å²) in [6, 6.07) is -0.696. The van der Waals surface area contributed by atoms with Gasteiger partial charge in [0.05, 0.1) is 24.7 Å². The molecule has 0 aromatic carbocycles. The number of nitrogens with zero attached hydrogens (tertiary/aromatic N) is 1. The van der Waals surface area contributed by atoms with Gasteiger partial charge in [0.15, 0.2) is 0 Å². The van der Waals surface area contributed by atoms with Crippen LogP contribution in [0.4, 0.5) is 13.2 Å². The van der Waals surface area contributed by atoms with Gasteiger partial charge in [0.1, 0.15) is 12.2 Å². The molecule has 0 aromatic heterocycles. The third kappa shape index (κ3) is 3.91. The summed E-state index contributed by atoms with van der Waals surface area (Å²) >= 11 is 0. The molecule has 1 saturated heterocycles. The van der Waals surface area contributed by atoms with Gasteiger partial charge in [-0.3, -0.25) is 4.90 Å². The number of rotatable bonds is 3. The van der Waals surface area contributed by atoms with Gasteiger partial charge in [0.25, 0.3) is 0 Å². The van der Waals surface area contributed by atoms with E-state index in [1.807, 2.05) is 0 Å². The molecule has 2 rings (SSSR count). The molecule has 0 spiro atoms. The predicted molar refractivity (Wildman–Crippen MR) is 72.0 cm³/mol. The lowest BCUT2D eigenvalue weighted by Crippen LogP contribution is -2.63. The summed E-state index contributed by atoms with van der Waals surface area (Å²) in [6.45, 7) is 0.141. The summed E-state index contributed by atoms with van der Waals surface area (Å²) in [6.07, 6.45) is -6.76. The Labute approximate surface area is 127 Å². The lowest BCUT2D eigenvalue weighted by molar-refractivity contribution is -0.185. The van der Waals surface area contributed by atoms with Crippen LogP contribution in [0.2, 0.25) is 0 Å². The Morgan fingerprint density at radius 1 is 0.955 bits per heavy atom. The summed E-state index contributed by atoms with van der Waals surface area (Å²) < 4.78 is 38.0. The zero-order chi connectivity index (χ0) is 16.5. The maximum Gasteiger partial charge on any atom is 0.391 e. The van der Waals surface area contributed by atoms with Crippen LogP contribution in [0.25, 0.3) is 0 Å². The molecule has 22 heavy (non-hydrogen) atoms.